The molecular weight excluding hydrogens is 210 g/mol. The van der Waals surface area contributed by atoms with Crippen molar-refractivity contribution in [2.75, 3.05) is 18.0 Å². The second kappa shape index (κ2) is 4.37. The Balaban J connectivity index is 2.00. The van der Waals surface area contributed by atoms with Gasteiger partial charge in [0.1, 0.15) is 11.9 Å². The highest BCUT2D eigenvalue weighted by Gasteiger charge is 2.20. The zero-order valence-corrected chi connectivity index (χ0v) is 10.1. The SMILES string of the molecule is N#Cc1cc2c(nc1N1CCCCC1)CCC2. The van der Waals surface area contributed by atoms with Crippen molar-refractivity contribution in [1.82, 2.24) is 4.98 Å². The van der Waals surface area contributed by atoms with Crippen LogP contribution in [0.5, 0.6) is 0 Å². The fourth-order valence-electron chi connectivity index (χ4n) is 2.89. The average Bonchev–Trinajstić information content (AvgIpc) is 2.85. The van der Waals surface area contributed by atoms with Crippen LogP contribution in [0.4, 0.5) is 5.82 Å². The average molecular weight is 227 g/mol. The standard InChI is InChI=1S/C14H17N3/c15-10-12-9-11-5-4-6-13(11)16-14(12)17-7-2-1-3-8-17/h9H,1-8H2. The molecule has 0 amide bonds. The molecule has 1 aliphatic heterocycles. The second-order valence-corrected chi connectivity index (χ2v) is 4.98. The molecule has 0 saturated carbocycles. The molecule has 3 rings (SSSR count). The third-order valence-electron chi connectivity index (χ3n) is 3.81. The highest BCUT2D eigenvalue weighted by molar-refractivity contribution is 5.57. The van der Waals surface area contributed by atoms with Crippen LogP contribution < -0.4 is 4.90 Å². The van der Waals surface area contributed by atoms with E-state index in [1.165, 1.54) is 36.9 Å². The van der Waals surface area contributed by atoms with Crippen molar-refractivity contribution < 1.29 is 0 Å². The lowest BCUT2D eigenvalue weighted by molar-refractivity contribution is 0.572. The number of fused-ring (bicyclic) bond motifs is 1. The summed E-state index contributed by atoms with van der Waals surface area (Å²) in [5, 5.41) is 9.26. The number of anilines is 1. The molecule has 0 unspecified atom stereocenters. The van der Waals surface area contributed by atoms with Crippen molar-refractivity contribution in [3.63, 3.8) is 0 Å². The van der Waals surface area contributed by atoms with E-state index in [-0.39, 0.29) is 0 Å². The van der Waals surface area contributed by atoms with Crippen LogP contribution in [0.1, 0.15) is 42.5 Å². The summed E-state index contributed by atoms with van der Waals surface area (Å²) in [5.74, 6) is 0.938. The maximum atomic E-state index is 9.26. The van der Waals surface area contributed by atoms with Gasteiger partial charge < -0.3 is 4.90 Å². The van der Waals surface area contributed by atoms with Gasteiger partial charge in [0, 0.05) is 18.8 Å². The molecule has 0 bridgehead atoms. The molecule has 0 spiro atoms. The van der Waals surface area contributed by atoms with E-state index in [0.717, 1.165) is 37.3 Å². The highest BCUT2D eigenvalue weighted by atomic mass is 15.2. The first kappa shape index (κ1) is 10.6. The zero-order chi connectivity index (χ0) is 11.7. The molecule has 1 aliphatic carbocycles. The third-order valence-corrected chi connectivity index (χ3v) is 3.81. The molecular formula is C14H17N3. The minimum Gasteiger partial charge on any atom is -0.356 e. The monoisotopic (exact) mass is 227 g/mol. The lowest BCUT2D eigenvalue weighted by atomic mass is 10.1. The fraction of sp³-hybridized carbons (Fsp3) is 0.571. The van der Waals surface area contributed by atoms with E-state index in [2.05, 4.69) is 17.0 Å². The topological polar surface area (TPSA) is 39.9 Å². The van der Waals surface area contributed by atoms with Crippen molar-refractivity contribution >= 4 is 5.82 Å². The number of piperidine rings is 1. The smallest absolute Gasteiger partial charge is 0.146 e. The molecule has 1 aromatic heterocycles. The summed E-state index contributed by atoms with van der Waals surface area (Å²) in [7, 11) is 0. The van der Waals surface area contributed by atoms with Gasteiger partial charge in [0.05, 0.1) is 5.56 Å². The molecule has 17 heavy (non-hydrogen) atoms. The van der Waals surface area contributed by atoms with Gasteiger partial charge in [-0.05, 0) is 50.2 Å². The van der Waals surface area contributed by atoms with Crippen LogP contribution in [0.3, 0.4) is 0 Å². The number of nitriles is 1. The van der Waals surface area contributed by atoms with E-state index in [1.807, 2.05) is 0 Å². The molecule has 3 nitrogen and oxygen atoms in total. The van der Waals surface area contributed by atoms with E-state index in [4.69, 9.17) is 4.98 Å². The third kappa shape index (κ3) is 1.88. The molecule has 2 aliphatic rings. The Hall–Kier alpha value is -1.56. The Bertz CT molecular complexity index is 467. The first-order valence-electron chi connectivity index (χ1n) is 6.56. The molecule has 0 atom stereocenters. The summed E-state index contributed by atoms with van der Waals surface area (Å²) in [6, 6.07) is 4.39. The van der Waals surface area contributed by atoms with Crippen LogP contribution in [-0.2, 0) is 12.8 Å². The fourth-order valence-corrected chi connectivity index (χ4v) is 2.89. The Kier molecular flexibility index (Phi) is 2.72. The number of aromatic nitrogens is 1. The minimum atomic E-state index is 0.771. The first-order valence-corrected chi connectivity index (χ1v) is 6.56. The Morgan fingerprint density at radius 3 is 2.71 bits per heavy atom. The Morgan fingerprint density at radius 2 is 1.94 bits per heavy atom. The van der Waals surface area contributed by atoms with Crippen molar-refractivity contribution in [2.24, 2.45) is 0 Å². The van der Waals surface area contributed by atoms with Crippen LogP contribution >= 0.6 is 0 Å². The quantitative estimate of drug-likeness (QED) is 0.739. The van der Waals surface area contributed by atoms with Gasteiger partial charge in [0.25, 0.3) is 0 Å². The highest BCUT2D eigenvalue weighted by Crippen LogP contribution is 2.28. The van der Waals surface area contributed by atoms with E-state index >= 15 is 0 Å². The Morgan fingerprint density at radius 1 is 1.12 bits per heavy atom. The van der Waals surface area contributed by atoms with E-state index < -0.39 is 0 Å². The maximum Gasteiger partial charge on any atom is 0.146 e. The molecule has 1 fully saturated rings. The molecule has 0 radical (unpaired) electrons. The maximum absolute atomic E-state index is 9.26. The molecule has 1 aromatic rings. The Labute approximate surface area is 102 Å². The molecule has 0 aromatic carbocycles. The number of hydrogen-bond donors (Lipinski definition) is 0. The van der Waals surface area contributed by atoms with Crippen LogP contribution in [0.15, 0.2) is 6.07 Å². The summed E-state index contributed by atoms with van der Waals surface area (Å²) < 4.78 is 0. The van der Waals surface area contributed by atoms with Crippen molar-refractivity contribution in [3.8, 4) is 6.07 Å². The first-order chi connectivity index (χ1) is 8.38. The summed E-state index contributed by atoms with van der Waals surface area (Å²) in [6.45, 7) is 2.11. The van der Waals surface area contributed by atoms with Crippen LogP contribution in [0, 0.1) is 11.3 Å². The lowest BCUT2D eigenvalue weighted by Crippen LogP contribution is -2.31. The normalized spacial score (nSPS) is 18.9. The number of hydrogen-bond acceptors (Lipinski definition) is 3. The van der Waals surface area contributed by atoms with E-state index in [0.29, 0.717) is 0 Å². The van der Waals surface area contributed by atoms with Crippen LogP contribution in [-0.4, -0.2) is 18.1 Å². The zero-order valence-electron chi connectivity index (χ0n) is 10.1. The van der Waals surface area contributed by atoms with Crippen molar-refractivity contribution in [1.29, 1.82) is 5.26 Å². The van der Waals surface area contributed by atoms with Crippen LogP contribution in [0.2, 0.25) is 0 Å². The van der Waals surface area contributed by atoms with Gasteiger partial charge in [-0.15, -0.1) is 0 Å². The predicted octanol–water partition coefficient (Wildman–Crippen LogP) is 2.43. The van der Waals surface area contributed by atoms with Gasteiger partial charge in [-0.2, -0.15) is 5.26 Å². The summed E-state index contributed by atoms with van der Waals surface area (Å²) in [6.07, 6.45) is 7.13. The summed E-state index contributed by atoms with van der Waals surface area (Å²) in [4.78, 5) is 7.04. The van der Waals surface area contributed by atoms with Crippen LogP contribution in [0.25, 0.3) is 0 Å². The minimum absolute atomic E-state index is 0.771. The predicted molar refractivity (Wildman–Crippen MR) is 67.0 cm³/mol. The van der Waals surface area contributed by atoms with E-state index in [9.17, 15) is 5.26 Å². The van der Waals surface area contributed by atoms with E-state index in [1.54, 1.807) is 0 Å². The molecule has 88 valence electrons. The molecule has 3 heteroatoms. The molecule has 1 saturated heterocycles. The second-order valence-electron chi connectivity index (χ2n) is 4.98. The number of aryl methyl sites for hydroxylation is 2. The van der Waals surface area contributed by atoms with Gasteiger partial charge in [0.2, 0.25) is 0 Å². The molecule has 2 heterocycles. The number of nitrogens with zero attached hydrogens (tertiary/aromatic N) is 3. The van der Waals surface area contributed by atoms with Gasteiger partial charge >= 0.3 is 0 Å². The number of rotatable bonds is 1. The van der Waals surface area contributed by atoms with Gasteiger partial charge in [-0.3, -0.25) is 0 Å². The van der Waals surface area contributed by atoms with Crippen molar-refractivity contribution in [2.45, 2.75) is 38.5 Å². The number of pyridine rings is 1. The van der Waals surface area contributed by atoms with Gasteiger partial charge in [-0.25, -0.2) is 4.98 Å². The molecule has 0 N–H and O–H groups in total. The summed E-state index contributed by atoms with van der Waals surface area (Å²) in [5.41, 5.74) is 3.29. The summed E-state index contributed by atoms with van der Waals surface area (Å²) >= 11 is 0. The van der Waals surface area contributed by atoms with Crippen molar-refractivity contribution in [3.05, 3.63) is 22.9 Å². The largest absolute Gasteiger partial charge is 0.356 e. The lowest BCUT2D eigenvalue weighted by Gasteiger charge is -2.28. The van der Waals surface area contributed by atoms with Gasteiger partial charge in [-0.1, -0.05) is 0 Å². The van der Waals surface area contributed by atoms with Gasteiger partial charge in [0.15, 0.2) is 0 Å².